The number of hydrogen-bond acceptors (Lipinski definition) is 3. The summed E-state index contributed by atoms with van der Waals surface area (Å²) in [7, 11) is 0. The van der Waals surface area contributed by atoms with E-state index in [2.05, 4.69) is 53.8 Å². The van der Waals surface area contributed by atoms with Gasteiger partial charge in [0.15, 0.2) is 0 Å². The third kappa shape index (κ3) is 4.50. The molecule has 1 aromatic carbocycles. The minimum absolute atomic E-state index is 0.571. The van der Waals surface area contributed by atoms with E-state index < -0.39 is 0 Å². The summed E-state index contributed by atoms with van der Waals surface area (Å²) in [6, 6.07) is 6.98. The van der Waals surface area contributed by atoms with Crippen LogP contribution in [0.4, 0.5) is 11.4 Å². The Bertz CT molecular complexity index is 369. The molecule has 0 aliphatic carbocycles. The Kier molecular flexibility index (Phi) is 5.96. The summed E-state index contributed by atoms with van der Waals surface area (Å²) in [5.74, 6) is 0. The van der Waals surface area contributed by atoms with Gasteiger partial charge in [-0.15, -0.1) is 0 Å². The molecule has 1 rings (SSSR count). The third-order valence-electron chi connectivity index (χ3n) is 3.01. The van der Waals surface area contributed by atoms with Crippen LogP contribution in [-0.4, -0.2) is 30.1 Å². The van der Waals surface area contributed by atoms with Crippen molar-refractivity contribution in [3.63, 3.8) is 0 Å². The molecule has 0 heterocycles. The molecular formula is C14H24BrN3. The first-order chi connectivity index (χ1) is 8.41. The molecule has 4 heteroatoms. The van der Waals surface area contributed by atoms with Crippen LogP contribution in [0.3, 0.4) is 0 Å². The van der Waals surface area contributed by atoms with Crippen LogP contribution >= 0.6 is 15.9 Å². The predicted molar refractivity (Wildman–Crippen MR) is 84.0 cm³/mol. The van der Waals surface area contributed by atoms with E-state index in [1.165, 1.54) is 0 Å². The van der Waals surface area contributed by atoms with Gasteiger partial charge in [0, 0.05) is 41.0 Å². The van der Waals surface area contributed by atoms with Crippen molar-refractivity contribution in [1.29, 1.82) is 0 Å². The molecule has 0 saturated heterocycles. The van der Waals surface area contributed by atoms with Gasteiger partial charge in [0.2, 0.25) is 0 Å². The van der Waals surface area contributed by atoms with E-state index in [0.29, 0.717) is 12.1 Å². The molecule has 0 radical (unpaired) electrons. The van der Waals surface area contributed by atoms with Gasteiger partial charge in [-0.3, -0.25) is 4.90 Å². The largest absolute Gasteiger partial charge is 0.399 e. The smallest absolute Gasteiger partial charge is 0.0486 e. The molecule has 0 atom stereocenters. The monoisotopic (exact) mass is 313 g/mol. The first-order valence-electron chi connectivity index (χ1n) is 6.46. The minimum atomic E-state index is 0.571. The van der Waals surface area contributed by atoms with Crippen LogP contribution < -0.4 is 11.1 Å². The molecule has 0 aliphatic heterocycles. The first kappa shape index (κ1) is 15.3. The van der Waals surface area contributed by atoms with Gasteiger partial charge in [-0.2, -0.15) is 0 Å². The Balaban J connectivity index is 2.50. The zero-order valence-electron chi connectivity index (χ0n) is 11.7. The van der Waals surface area contributed by atoms with Crippen molar-refractivity contribution >= 4 is 27.3 Å². The molecule has 0 spiro atoms. The van der Waals surface area contributed by atoms with E-state index in [0.717, 1.165) is 28.9 Å². The van der Waals surface area contributed by atoms with Crippen molar-refractivity contribution in [2.75, 3.05) is 24.1 Å². The summed E-state index contributed by atoms with van der Waals surface area (Å²) < 4.78 is 1.02. The van der Waals surface area contributed by atoms with Crippen molar-refractivity contribution in [2.45, 2.75) is 39.8 Å². The number of nitrogens with two attached hydrogens (primary N) is 1. The molecule has 0 aromatic heterocycles. The van der Waals surface area contributed by atoms with Gasteiger partial charge in [-0.05, 0) is 61.8 Å². The summed E-state index contributed by atoms with van der Waals surface area (Å²) in [6.45, 7) is 10.9. The Morgan fingerprint density at radius 1 is 1.22 bits per heavy atom. The van der Waals surface area contributed by atoms with Crippen LogP contribution in [0.2, 0.25) is 0 Å². The predicted octanol–water partition coefficient (Wildman–Crippen LogP) is 3.56. The van der Waals surface area contributed by atoms with Crippen LogP contribution in [0, 0.1) is 0 Å². The number of hydrogen-bond donors (Lipinski definition) is 2. The van der Waals surface area contributed by atoms with Gasteiger partial charge in [0.25, 0.3) is 0 Å². The maximum atomic E-state index is 5.72. The molecule has 0 fully saturated rings. The fourth-order valence-electron chi connectivity index (χ4n) is 2.11. The highest BCUT2D eigenvalue weighted by Crippen LogP contribution is 2.24. The molecule has 3 nitrogen and oxygen atoms in total. The number of nitrogens with zero attached hydrogens (tertiary/aromatic N) is 1. The normalized spacial score (nSPS) is 11.6. The standard InChI is InChI=1S/C14H24BrN3/c1-10(2)18(11(3)4)8-7-17-14-6-5-12(16)9-13(14)15/h5-6,9-11,17H,7-8,16H2,1-4H3. The summed E-state index contributed by atoms with van der Waals surface area (Å²) in [5.41, 5.74) is 7.59. The average Bonchev–Trinajstić information content (AvgIpc) is 2.25. The molecule has 0 amide bonds. The van der Waals surface area contributed by atoms with E-state index in [1.54, 1.807) is 0 Å². The molecule has 18 heavy (non-hydrogen) atoms. The second-order valence-electron chi connectivity index (χ2n) is 5.09. The zero-order chi connectivity index (χ0) is 13.7. The van der Waals surface area contributed by atoms with Crippen LogP contribution in [-0.2, 0) is 0 Å². The lowest BCUT2D eigenvalue weighted by atomic mass is 10.2. The molecule has 0 unspecified atom stereocenters. The average molecular weight is 314 g/mol. The van der Waals surface area contributed by atoms with E-state index in [1.807, 2.05) is 18.2 Å². The molecule has 0 bridgehead atoms. The highest BCUT2D eigenvalue weighted by Gasteiger charge is 2.12. The number of rotatable bonds is 6. The molecule has 0 saturated carbocycles. The van der Waals surface area contributed by atoms with Gasteiger partial charge in [0.1, 0.15) is 0 Å². The molecular weight excluding hydrogens is 290 g/mol. The SMILES string of the molecule is CC(C)N(CCNc1ccc(N)cc1Br)C(C)C. The number of benzene rings is 1. The minimum Gasteiger partial charge on any atom is -0.399 e. The number of nitrogens with one attached hydrogen (secondary N) is 1. The quantitative estimate of drug-likeness (QED) is 0.789. The van der Waals surface area contributed by atoms with Crippen LogP contribution in [0.15, 0.2) is 22.7 Å². The maximum absolute atomic E-state index is 5.72. The van der Waals surface area contributed by atoms with Crippen LogP contribution in [0.25, 0.3) is 0 Å². The Morgan fingerprint density at radius 3 is 2.33 bits per heavy atom. The Morgan fingerprint density at radius 2 is 1.83 bits per heavy atom. The summed E-state index contributed by atoms with van der Waals surface area (Å²) in [5, 5.41) is 3.44. The topological polar surface area (TPSA) is 41.3 Å². The second kappa shape index (κ2) is 7.00. The van der Waals surface area contributed by atoms with Gasteiger partial charge in [-0.1, -0.05) is 0 Å². The summed E-state index contributed by atoms with van der Waals surface area (Å²) in [4.78, 5) is 2.47. The fraction of sp³-hybridized carbons (Fsp3) is 0.571. The van der Waals surface area contributed by atoms with E-state index in [9.17, 15) is 0 Å². The van der Waals surface area contributed by atoms with E-state index >= 15 is 0 Å². The molecule has 1 aromatic rings. The van der Waals surface area contributed by atoms with Crippen molar-refractivity contribution in [1.82, 2.24) is 4.90 Å². The summed E-state index contributed by atoms with van der Waals surface area (Å²) in [6.07, 6.45) is 0. The van der Waals surface area contributed by atoms with Crippen molar-refractivity contribution in [3.05, 3.63) is 22.7 Å². The lowest BCUT2D eigenvalue weighted by Crippen LogP contribution is -2.40. The van der Waals surface area contributed by atoms with E-state index in [-0.39, 0.29) is 0 Å². The van der Waals surface area contributed by atoms with Gasteiger partial charge >= 0.3 is 0 Å². The first-order valence-corrected chi connectivity index (χ1v) is 7.25. The Hall–Kier alpha value is -0.740. The molecule has 0 aliphatic rings. The van der Waals surface area contributed by atoms with Gasteiger partial charge in [-0.25, -0.2) is 0 Å². The number of halogens is 1. The second-order valence-corrected chi connectivity index (χ2v) is 5.95. The van der Waals surface area contributed by atoms with Crippen LogP contribution in [0.1, 0.15) is 27.7 Å². The van der Waals surface area contributed by atoms with Gasteiger partial charge < -0.3 is 11.1 Å². The van der Waals surface area contributed by atoms with Gasteiger partial charge in [0.05, 0.1) is 0 Å². The lowest BCUT2D eigenvalue weighted by Gasteiger charge is -2.30. The molecule has 102 valence electrons. The van der Waals surface area contributed by atoms with E-state index in [4.69, 9.17) is 5.73 Å². The highest BCUT2D eigenvalue weighted by atomic mass is 79.9. The molecule has 3 N–H and O–H groups in total. The fourth-order valence-corrected chi connectivity index (χ4v) is 2.64. The maximum Gasteiger partial charge on any atom is 0.0486 e. The Labute approximate surface area is 119 Å². The third-order valence-corrected chi connectivity index (χ3v) is 3.66. The van der Waals surface area contributed by atoms with Crippen molar-refractivity contribution < 1.29 is 0 Å². The zero-order valence-corrected chi connectivity index (χ0v) is 13.3. The lowest BCUT2D eigenvalue weighted by molar-refractivity contribution is 0.182. The van der Waals surface area contributed by atoms with Crippen LogP contribution in [0.5, 0.6) is 0 Å². The van der Waals surface area contributed by atoms with Crippen molar-refractivity contribution in [2.24, 2.45) is 0 Å². The van der Waals surface area contributed by atoms with Crippen molar-refractivity contribution in [3.8, 4) is 0 Å². The highest BCUT2D eigenvalue weighted by molar-refractivity contribution is 9.10. The summed E-state index contributed by atoms with van der Waals surface area (Å²) >= 11 is 3.52. The number of nitrogen functional groups attached to an aromatic ring is 1. The number of anilines is 2.